The molecule has 0 aliphatic carbocycles. The summed E-state index contributed by atoms with van der Waals surface area (Å²) in [5.74, 6) is -0.0619. The number of carbonyl (C=O) groups excluding carboxylic acids is 1. The van der Waals surface area contributed by atoms with Gasteiger partial charge in [-0.25, -0.2) is 0 Å². The minimum atomic E-state index is -0.0609. The van der Waals surface area contributed by atoms with E-state index in [4.69, 9.17) is 11.6 Å². The molecule has 4 nitrogen and oxygen atoms in total. The van der Waals surface area contributed by atoms with Crippen LogP contribution in [0.2, 0.25) is 5.02 Å². The van der Waals surface area contributed by atoms with Crippen molar-refractivity contribution in [3.63, 3.8) is 0 Å². The number of aryl methyl sites for hydroxylation is 2. The minimum absolute atomic E-state index is 0.00103. The summed E-state index contributed by atoms with van der Waals surface area (Å²) in [6.45, 7) is 4.51. The molecule has 23 heavy (non-hydrogen) atoms. The Balaban J connectivity index is 1.92. The van der Waals surface area contributed by atoms with E-state index in [1.165, 1.54) is 6.07 Å². The quantitative estimate of drug-likeness (QED) is 0.904. The fourth-order valence-corrected chi connectivity index (χ4v) is 3.21. The third-order valence-corrected chi connectivity index (χ3v) is 4.62. The van der Waals surface area contributed by atoms with Crippen molar-refractivity contribution < 1.29 is 9.90 Å². The molecule has 0 saturated carbocycles. The second-order valence-electron chi connectivity index (χ2n) is 6.04. The highest BCUT2D eigenvalue weighted by atomic mass is 35.5. The lowest BCUT2D eigenvalue weighted by Gasteiger charge is -2.25. The zero-order chi connectivity index (χ0) is 16.6. The first-order valence-corrected chi connectivity index (χ1v) is 8.08. The summed E-state index contributed by atoms with van der Waals surface area (Å²) in [7, 11) is 0. The number of amides is 1. The fourth-order valence-electron chi connectivity index (χ4n) is 3.05. The van der Waals surface area contributed by atoms with Gasteiger partial charge in [-0.3, -0.25) is 9.78 Å². The summed E-state index contributed by atoms with van der Waals surface area (Å²) in [6.07, 6.45) is 3.70. The number of hydrogen-bond acceptors (Lipinski definition) is 3. The molecule has 0 spiro atoms. The number of aromatic nitrogens is 1. The highest BCUT2D eigenvalue weighted by molar-refractivity contribution is 6.32. The molecule has 120 valence electrons. The Hall–Kier alpha value is -2.07. The van der Waals surface area contributed by atoms with Crippen molar-refractivity contribution in [1.82, 2.24) is 9.88 Å². The van der Waals surface area contributed by atoms with E-state index < -0.39 is 0 Å². The van der Waals surface area contributed by atoms with Crippen LogP contribution in [-0.4, -0.2) is 27.4 Å². The van der Waals surface area contributed by atoms with Crippen LogP contribution in [0.5, 0.6) is 5.75 Å². The highest BCUT2D eigenvalue weighted by Gasteiger charge is 2.32. The number of benzene rings is 1. The third kappa shape index (κ3) is 3.04. The van der Waals surface area contributed by atoms with Crippen molar-refractivity contribution in [2.24, 2.45) is 0 Å². The lowest BCUT2D eigenvalue weighted by Crippen LogP contribution is -2.31. The summed E-state index contributed by atoms with van der Waals surface area (Å²) in [5, 5.41) is 9.86. The fraction of sp³-hybridized carbons (Fsp3) is 0.333. The molecule has 1 aliphatic heterocycles. The number of pyridine rings is 1. The van der Waals surface area contributed by atoms with Gasteiger partial charge in [-0.05, 0) is 56.0 Å². The van der Waals surface area contributed by atoms with Gasteiger partial charge in [-0.2, -0.15) is 0 Å². The first-order chi connectivity index (χ1) is 11.0. The lowest BCUT2D eigenvalue weighted by molar-refractivity contribution is 0.0732. The Labute approximate surface area is 140 Å². The van der Waals surface area contributed by atoms with Crippen LogP contribution < -0.4 is 0 Å². The van der Waals surface area contributed by atoms with Crippen LogP contribution in [-0.2, 0) is 0 Å². The maximum Gasteiger partial charge on any atom is 0.254 e. The molecular weight excluding hydrogens is 312 g/mol. The van der Waals surface area contributed by atoms with Crippen molar-refractivity contribution >= 4 is 17.5 Å². The van der Waals surface area contributed by atoms with Crippen LogP contribution in [0, 0.1) is 13.8 Å². The average molecular weight is 331 g/mol. The van der Waals surface area contributed by atoms with Crippen molar-refractivity contribution in [2.75, 3.05) is 6.54 Å². The van der Waals surface area contributed by atoms with Gasteiger partial charge in [0.05, 0.1) is 16.8 Å². The largest absolute Gasteiger partial charge is 0.506 e. The van der Waals surface area contributed by atoms with Crippen LogP contribution in [0.25, 0.3) is 0 Å². The first-order valence-electron chi connectivity index (χ1n) is 7.70. The van der Waals surface area contributed by atoms with E-state index in [0.717, 1.165) is 29.7 Å². The predicted octanol–water partition coefficient (Wildman–Crippen LogP) is 4.03. The SMILES string of the molecule is Cc1ccc(C2CCCN2C(=O)c2cc(Cl)c(O)cc2C)nc1. The van der Waals surface area contributed by atoms with Crippen molar-refractivity contribution in [3.8, 4) is 5.75 Å². The van der Waals surface area contributed by atoms with Gasteiger partial charge in [0.25, 0.3) is 5.91 Å². The Morgan fingerprint density at radius 1 is 1.35 bits per heavy atom. The molecule has 3 rings (SSSR count). The smallest absolute Gasteiger partial charge is 0.254 e. The monoisotopic (exact) mass is 330 g/mol. The molecule has 1 unspecified atom stereocenters. The number of likely N-dealkylation sites (tertiary alicyclic amines) is 1. The molecule has 1 saturated heterocycles. The molecule has 1 aromatic carbocycles. The van der Waals surface area contributed by atoms with Crippen molar-refractivity contribution in [1.29, 1.82) is 0 Å². The summed E-state index contributed by atoms with van der Waals surface area (Å²) < 4.78 is 0. The first kappa shape index (κ1) is 15.8. The van der Waals surface area contributed by atoms with E-state index in [-0.39, 0.29) is 22.7 Å². The van der Waals surface area contributed by atoms with E-state index in [9.17, 15) is 9.90 Å². The van der Waals surface area contributed by atoms with Crippen molar-refractivity contribution in [3.05, 3.63) is 57.9 Å². The van der Waals surface area contributed by atoms with E-state index >= 15 is 0 Å². The molecule has 5 heteroatoms. The second kappa shape index (κ2) is 6.20. The summed E-state index contributed by atoms with van der Waals surface area (Å²) in [4.78, 5) is 19.3. The number of phenolic OH excluding ortho intramolecular Hbond substituents is 1. The zero-order valence-electron chi connectivity index (χ0n) is 13.2. The summed E-state index contributed by atoms with van der Waals surface area (Å²) in [6, 6.07) is 7.08. The summed E-state index contributed by atoms with van der Waals surface area (Å²) >= 11 is 5.97. The molecule has 2 aromatic rings. The Kier molecular flexibility index (Phi) is 4.26. The number of aromatic hydroxyl groups is 1. The number of halogens is 1. The van der Waals surface area contributed by atoms with Gasteiger partial charge >= 0.3 is 0 Å². The van der Waals surface area contributed by atoms with Gasteiger partial charge in [0.2, 0.25) is 0 Å². The van der Waals surface area contributed by atoms with E-state index in [1.54, 1.807) is 13.0 Å². The maximum absolute atomic E-state index is 12.9. The summed E-state index contributed by atoms with van der Waals surface area (Å²) in [5.41, 5.74) is 3.28. The van der Waals surface area contributed by atoms with Crippen LogP contribution >= 0.6 is 11.6 Å². The van der Waals surface area contributed by atoms with Crippen LogP contribution in [0.15, 0.2) is 30.5 Å². The average Bonchev–Trinajstić information content (AvgIpc) is 3.00. The molecule has 0 bridgehead atoms. The molecule has 1 fully saturated rings. The molecule has 1 N–H and O–H groups in total. The molecule has 1 aromatic heterocycles. The standard InChI is InChI=1S/C18H19ClN2O2/c1-11-5-6-15(20-10-11)16-4-3-7-21(16)18(23)13-9-14(19)17(22)8-12(13)2/h5-6,8-10,16,22H,3-4,7H2,1-2H3. The van der Waals surface area contributed by atoms with E-state index in [0.29, 0.717) is 12.1 Å². The Bertz CT molecular complexity index is 743. The number of nitrogens with zero attached hydrogens (tertiary/aromatic N) is 2. The highest BCUT2D eigenvalue weighted by Crippen LogP contribution is 2.34. The third-order valence-electron chi connectivity index (χ3n) is 4.31. The molecule has 1 atom stereocenters. The number of phenols is 1. The maximum atomic E-state index is 12.9. The Morgan fingerprint density at radius 3 is 2.83 bits per heavy atom. The zero-order valence-corrected chi connectivity index (χ0v) is 14.0. The molecule has 0 radical (unpaired) electrons. The molecular formula is C18H19ClN2O2. The van der Waals surface area contributed by atoms with Gasteiger partial charge < -0.3 is 10.0 Å². The van der Waals surface area contributed by atoms with Gasteiger partial charge in [0, 0.05) is 18.3 Å². The lowest BCUT2D eigenvalue weighted by atomic mass is 10.1. The van der Waals surface area contributed by atoms with Crippen LogP contribution in [0.1, 0.15) is 46.1 Å². The van der Waals surface area contributed by atoms with Gasteiger partial charge in [-0.15, -0.1) is 0 Å². The number of rotatable bonds is 2. The second-order valence-corrected chi connectivity index (χ2v) is 6.44. The normalized spacial score (nSPS) is 17.5. The van der Waals surface area contributed by atoms with Gasteiger partial charge in [0.15, 0.2) is 0 Å². The molecule has 2 heterocycles. The topological polar surface area (TPSA) is 53.4 Å². The van der Waals surface area contributed by atoms with Crippen LogP contribution in [0.3, 0.4) is 0 Å². The van der Waals surface area contributed by atoms with Crippen LogP contribution in [0.4, 0.5) is 0 Å². The van der Waals surface area contributed by atoms with E-state index in [1.807, 2.05) is 30.2 Å². The van der Waals surface area contributed by atoms with E-state index in [2.05, 4.69) is 4.98 Å². The van der Waals surface area contributed by atoms with Gasteiger partial charge in [-0.1, -0.05) is 17.7 Å². The van der Waals surface area contributed by atoms with Crippen molar-refractivity contribution in [2.45, 2.75) is 32.7 Å². The number of hydrogen-bond donors (Lipinski definition) is 1. The number of carbonyl (C=O) groups is 1. The predicted molar refractivity (Wildman–Crippen MR) is 89.8 cm³/mol. The Morgan fingerprint density at radius 2 is 2.13 bits per heavy atom. The minimum Gasteiger partial charge on any atom is -0.506 e. The van der Waals surface area contributed by atoms with Gasteiger partial charge in [0.1, 0.15) is 5.75 Å². The molecule has 1 aliphatic rings. The molecule has 1 amide bonds.